The standard InChI is InChI=1S/C11H13N5S/c1-6-7(12)3-2-4-8(6)17-11-15-9(13)5-10(14)16-11/h2-5H,12H2,1H3,(H4,13,14,15,16). The number of nitrogens with two attached hydrogens (primary N) is 3. The molecule has 0 spiro atoms. The van der Waals surface area contributed by atoms with Crippen molar-refractivity contribution in [2.45, 2.75) is 17.0 Å². The Morgan fingerprint density at radius 2 is 1.71 bits per heavy atom. The zero-order valence-corrected chi connectivity index (χ0v) is 10.2. The Morgan fingerprint density at radius 1 is 1.06 bits per heavy atom. The molecule has 5 nitrogen and oxygen atoms in total. The molecule has 88 valence electrons. The Bertz CT molecular complexity index is 535. The smallest absolute Gasteiger partial charge is 0.196 e. The predicted octanol–water partition coefficient (Wildman–Crippen LogP) is 1.68. The van der Waals surface area contributed by atoms with E-state index < -0.39 is 0 Å². The van der Waals surface area contributed by atoms with Gasteiger partial charge in [0.1, 0.15) is 11.6 Å². The highest BCUT2D eigenvalue weighted by molar-refractivity contribution is 7.99. The number of nitrogens with zero attached hydrogens (tertiary/aromatic N) is 2. The molecule has 6 N–H and O–H groups in total. The van der Waals surface area contributed by atoms with E-state index in [1.54, 1.807) is 0 Å². The molecule has 17 heavy (non-hydrogen) atoms. The van der Waals surface area contributed by atoms with E-state index in [1.165, 1.54) is 17.8 Å². The second-order valence-electron chi connectivity index (χ2n) is 3.57. The molecule has 2 aromatic rings. The Kier molecular flexibility index (Phi) is 3.06. The summed E-state index contributed by atoms with van der Waals surface area (Å²) in [7, 11) is 0. The average molecular weight is 247 g/mol. The van der Waals surface area contributed by atoms with Gasteiger partial charge in [-0.25, -0.2) is 9.97 Å². The minimum absolute atomic E-state index is 0.363. The molecule has 0 aliphatic heterocycles. The van der Waals surface area contributed by atoms with Gasteiger partial charge in [0.2, 0.25) is 0 Å². The fourth-order valence-corrected chi connectivity index (χ4v) is 2.26. The Balaban J connectivity index is 2.34. The third kappa shape index (κ3) is 2.59. The highest BCUT2D eigenvalue weighted by Gasteiger charge is 2.07. The van der Waals surface area contributed by atoms with Gasteiger partial charge in [-0.2, -0.15) is 0 Å². The second kappa shape index (κ2) is 4.50. The molecule has 6 heteroatoms. The van der Waals surface area contributed by atoms with Crippen LogP contribution >= 0.6 is 11.8 Å². The molecular formula is C11H13N5S. The topological polar surface area (TPSA) is 104 Å². The number of nitrogen functional groups attached to an aromatic ring is 3. The van der Waals surface area contributed by atoms with E-state index >= 15 is 0 Å². The van der Waals surface area contributed by atoms with Gasteiger partial charge in [-0.3, -0.25) is 0 Å². The Labute approximate surface area is 103 Å². The number of rotatable bonds is 2. The number of hydrogen-bond acceptors (Lipinski definition) is 6. The first-order valence-electron chi connectivity index (χ1n) is 4.99. The fourth-order valence-electron chi connectivity index (χ4n) is 1.35. The molecule has 1 aromatic carbocycles. The molecule has 0 aliphatic carbocycles. The van der Waals surface area contributed by atoms with Gasteiger partial charge < -0.3 is 17.2 Å². The van der Waals surface area contributed by atoms with Crippen LogP contribution in [0, 0.1) is 6.92 Å². The van der Waals surface area contributed by atoms with Gasteiger partial charge in [0.25, 0.3) is 0 Å². The zero-order valence-electron chi connectivity index (χ0n) is 9.34. The van der Waals surface area contributed by atoms with Crippen LogP contribution in [-0.4, -0.2) is 9.97 Å². The summed E-state index contributed by atoms with van der Waals surface area (Å²) in [5.74, 6) is 0.725. The van der Waals surface area contributed by atoms with Gasteiger partial charge >= 0.3 is 0 Å². The van der Waals surface area contributed by atoms with Crippen LogP contribution in [0.25, 0.3) is 0 Å². The van der Waals surface area contributed by atoms with Gasteiger partial charge in [-0.05, 0) is 36.4 Å². The summed E-state index contributed by atoms with van der Waals surface area (Å²) < 4.78 is 0. The number of aromatic nitrogens is 2. The minimum Gasteiger partial charge on any atom is -0.398 e. The molecule has 1 heterocycles. The zero-order chi connectivity index (χ0) is 12.4. The highest BCUT2D eigenvalue weighted by Crippen LogP contribution is 2.30. The van der Waals surface area contributed by atoms with Crippen LogP contribution in [0.2, 0.25) is 0 Å². The summed E-state index contributed by atoms with van der Waals surface area (Å²) in [5.41, 5.74) is 18.8. The first-order chi connectivity index (χ1) is 8.06. The molecule has 1 aromatic heterocycles. The predicted molar refractivity (Wildman–Crippen MR) is 70.6 cm³/mol. The lowest BCUT2D eigenvalue weighted by atomic mass is 10.2. The van der Waals surface area contributed by atoms with E-state index in [4.69, 9.17) is 17.2 Å². The van der Waals surface area contributed by atoms with Crippen molar-refractivity contribution in [1.29, 1.82) is 0 Å². The van der Waals surface area contributed by atoms with Crippen LogP contribution in [0.4, 0.5) is 17.3 Å². The number of anilines is 3. The summed E-state index contributed by atoms with van der Waals surface area (Å²) >= 11 is 1.39. The maximum atomic E-state index is 5.83. The molecule has 0 aliphatic rings. The van der Waals surface area contributed by atoms with Crippen LogP contribution in [0.5, 0.6) is 0 Å². The van der Waals surface area contributed by atoms with Crippen molar-refractivity contribution < 1.29 is 0 Å². The van der Waals surface area contributed by atoms with E-state index in [-0.39, 0.29) is 0 Å². The van der Waals surface area contributed by atoms with Crippen molar-refractivity contribution in [3.63, 3.8) is 0 Å². The normalized spacial score (nSPS) is 10.4. The summed E-state index contributed by atoms with van der Waals surface area (Å²) in [6.07, 6.45) is 0. The summed E-state index contributed by atoms with van der Waals surface area (Å²) in [4.78, 5) is 9.21. The molecule has 0 amide bonds. The SMILES string of the molecule is Cc1c(N)cccc1Sc1nc(N)cc(N)n1. The van der Waals surface area contributed by atoms with Crippen molar-refractivity contribution in [1.82, 2.24) is 9.97 Å². The lowest BCUT2D eigenvalue weighted by Crippen LogP contribution is -1.99. The van der Waals surface area contributed by atoms with Crippen LogP contribution in [0.15, 0.2) is 34.3 Å². The summed E-state index contributed by atoms with van der Waals surface area (Å²) in [5, 5.41) is 0.524. The van der Waals surface area contributed by atoms with Crippen molar-refractivity contribution in [3.05, 3.63) is 29.8 Å². The molecule has 0 unspecified atom stereocenters. The summed E-state index contributed by atoms with van der Waals surface area (Å²) in [6, 6.07) is 7.23. The average Bonchev–Trinajstić information content (AvgIpc) is 2.23. The van der Waals surface area contributed by atoms with Crippen molar-refractivity contribution in [3.8, 4) is 0 Å². The first kappa shape index (κ1) is 11.5. The quantitative estimate of drug-likeness (QED) is 0.551. The second-order valence-corrected chi connectivity index (χ2v) is 4.58. The van der Waals surface area contributed by atoms with E-state index in [1.807, 2.05) is 25.1 Å². The molecule has 0 fully saturated rings. The minimum atomic E-state index is 0.363. The highest BCUT2D eigenvalue weighted by atomic mass is 32.2. The monoisotopic (exact) mass is 247 g/mol. The van der Waals surface area contributed by atoms with Crippen molar-refractivity contribution in [2.24, 2.45) is 0 Å². The van der Waals surface area contributed by atoms with E-state index in [0.29, 0.717) is 16.8 Å². The largest absolute Gasteiger partial charge is 0.398 e. The van der Waals surface area contributed by atoms with Crippen LogP contribution in [0.1, 0.15) is 5.56 Å². The maximum absolute atomic E-state index is 5.83. The summed E-state index contributed by atoms with van der Waals surface area (Å²) in [6.45, 7) is 1.95. The van der Waals surface area contributed by atoms with Gasteiger partial charge in [0.05, 0.1) is 0 Å². The third-order valence-corrected chi connectivity index (χ3v) is 3.30. The maximum Gasteiger partial charge on any atom is 0.196 e. The van der Waals surface area contributed by atoms with E-state index in [2.05, 4.69) is 9.97 Å². The molecule has 0 bridgehead atoms. The van der Waals surface area contributed by atoms with Crippen molar-refractivity contribution in [2.75, 3.05) is 17.2 Å². The first-order valence-corrected chi connectivity index (χ1v) is 5.81. The Hall–Kier alpha value is -1.95. The molecular weight excluding hydrogens is 234 g/mol. The van der Waals surface area contributed by atoms with E-state index in [9.17, 15) is 0 Å². The Morgan fingerprint density at radius 3 is 2.35 bits per heavy atom. The van der Waals surface area contributed by atoms with Crippen LogP contribution < -0.4 is 17.2 Å². The lowest BCUT2D eigenvalue weighted by molar-refractivity contribution is 0.983. The van der Waals surface area contributed by atoms with Gasteiger partial charge in [-0.15, -0.1) is 0 Å². The third-order valence-electron chi connectivity index (χ3n) is 2.27. The fraction of sp³-hybridized carbons (Fsp3) is 0.0909. The molecule has 2 rings (SSSR count). The van der Waals surface area contributed by atoms with Gasteiger partial charge in [0.15, 0.2) is 5.16 Å². The van der Waals surface area contributed by atoms with Crippen LogP contribution in [-0.2, 0) is 0 Å². The van der Waals surface area contributed by atoms with Crippen molar-refractivity contribution >= 4 is 29.1 Å². The lowest BCUT2D eigenvalue weighted by Gasteiger charge is -2.07. The van der Waals surface area contributed by atoms with Gasteiger partial charge in [0, 0.05) is 16.6 Å². The van der Waals surface area contributed by atoms with Gasteiger partial charge in [-0.1, -0.05) is 6.07 Å². The van der Waals surface area contributed by atoms with Crippen LogP contribution in [0.3, 0.4) is 0 Å². The number of benzene rings is 1. The molecule has 0 saturated carbocycles. The van der Waals surface area contributed by atoms with E-state index in [0.717, 1.165) is 16.1 Å². The molecule has 0 saturated heterocycles. The molecule has 0 radical (unpaired) electrons. The number of hydrogen-bond donors (Lipinski definition) is 3. The molecule has 0 atom stereocenters.